The highest BCUT2D eigenvalue weighted by molar-refractivity contribution is 7.98. The molecule has 0 radical (unpaired) electrons. The van der Waals surface area contributed by atoms with Crippen molar-refractivity contribution >= 4 is 11.8 Å². The van der Waals surface area contributed by atoms with Crippen LogP contribution in [0.3, 0.4) is 0 Å². The second-order valence-electron chi connectivity index (χ2n) is 1.80. The van der Waals surface area contributed by atoms with Crippen LogP contribution < -0.4 is 14.4 Å². The molecule has 11 heavy (non-hydrogen) atoms. The van der Waals surface area contributed by atoms with Crippen molar-refractivity contribution in [3.63, 3.8) is 0 Å². The van der Waals surface area contributed by atoms with E-state index in [1.54, 1.807) is 47.8 Å². The lowest BCUT2D eigenvalue weighted by molar-refractivity contribution is -0.914. The van der Waals surface area contributed by atoms with Crippen LogP contribution in [0.2, 0.25) is 0 Å². The van der Waals surface area contributed by atoms with Gasteiger partial charge in [0, 0.05) is 0 Å². The van der Waals surface area contributed by atoms with Gasteiger partial charge in [-0.1, -0.05) is 0 Å². The minimum atomic E-state index is 0.898. The van der Waals surface area contributed by atoms with Gasteiger partial charge in [0.15, 0.2) is 12.4 Å². The van der Waals surface area contributed by atoms with Crippen LogP contribution >= 0.6 is 11.8 Å². The van der Waals surface area contributed by atoms with Gasteiger partial charge in [-0.05, 0) is 27.5 Å². The molecule has 5 heteroatoms. The fraction of sp³-hybridized carbons (Fsp3) is 0.500. The molecule has 0 aliphatic heterocycles. The average molecular weight is 175 g/mol. The molecule has 0 bridgehead atoms. The van der Waals surface area contributed by atoms with Gasteiger partial charge in [0.25, 0.3) is 0 Å². The molecule has 4 nitrogen and oxygen atoms in total. The Morgan fingerprint density at radius 3 is 2.73 bits per heavy atom. The maximum absolute atomic E-state index is 5.01. The highest BCUT2D eigenvalue weighted by atomic mass is 32.2. The number of hydrogen-bond donors (Lipinski definition) is 0. The molecule has 0 atom stereocenters. The van der Waals surface area contributed by atoms with Gasteiger partial charge in [0.2, 0.25) is 0 Å². The van der Waals surface area contributed by atoms with Crippen molar-refractivity contribution in [1.82, 2.24) is 4.73 Å². The lowest BCUT2D eigenvalue weighted by atomic mass is 11.0. The van der Waals surface area contributed by atoms with Crippen molar-refractivity contribution in [2.75, 3.05) is 20.5 Å². The summed E-state index contributed by atoms with van der Waals surface area (Å²) >= 11 is 1.55. The predicted molar refractivity (Wildman–Crippen MR) is 41.4 cm³/mol. The lowest BCUT2D eigenvalue weighted by Crippen LogP contribution is -2.41. The Bertz CT molecular complexity index is 215. The van der Waals surface area contributed by atoms with Gasteiger partial charge in [0.1, 0.15) is 14.2 Å². The molecular formula is C6H11N2O2S+. The van der Waals surface area contributed by atoms with E-state index in [2.05, 4.69) is 0 Å². The van der Waals surface area contributed by atoms with Gasteiger partial charge in [-0.2, -0.15) is 0 Å². The summed E-state index contributed by atoms with van der Waals surface area (Å²) in [6.07, 6.45) is 5.53. The number of thioether (sulfide) groups is 1. The van der Waals surface area contributed by atoms with Gasteiger partial charge in [0.05, 0.1) is 0 Å². The Morgan fingerprint density at radius 1 is 1.55 bits per heavy atom. The van der Waals surface area contributed by atoms with E-state index < -0.39 is 0 Å². The minimum absolute atomic E-state index is 0.898. The van der Waals surface area contributed by atoms with E-state index >= 15 is 0 Å². The molecule has 1 rings (SSSR count). The Morgan fingerprint density at radius 2 is 2.27 bits per heavy atom. The number of nitrogens with zero attached hydrogens (tertiary/aromatic N) is 2. The van der Waals surface area contributed by atoms with Crippen LogP contribution in [-0.4, -0.2) is 25.2 Å². The van der Waals surface area contributed by atoms with Crippen molar-refractivity contribution < 1.29 is 14.4 Å². The summed E-state index contributed by atoms with van der Waals surface area (Å²) < 4.78 is 3.27. The zero-order valence-electron chi connectivity index (χ0n) is 6.77. The quantitative estimate of drug-likeness (QED) is 0.462. The van der Waals surface area contributed by atoms with Gasteiger partial charge in [-0.15, -0.1) is 0 Å². The van der Waals surface area contributed by atoms with Crippen molar-refractivity contribution in [2.45, 2.75) is 5.16 Å². The van der Waals surface area contributed by atoms with E-state index in [4.69, 9.17) is 9.68 Å². The highest BCUT2D eigenvalue weighted by Gasteiger charge is 2.17. The summed E-state index contributed by atoms with van der Waals surface area (Å²) in [6.45, 7) is 0. The third-order valence-corrected chi connectivity index (χ3v) is 2.02. The lowest BCUT2D eigenvalue weighted by Gasteiger charge is -1.95. The van der Waals surface area contributed by atoms with E-state index in [9.17, 15) is 0 Å². The number of aromatic nitrogens is 2. The minimum Gasteiger partial charge on any atom is -0.338 e. The molecule has 0 aliphatic carbocycles. The molecule has 1 aromatic rings. The Balaban J connectivity index is 2.99. The van der Waals surface area contributed by atoms with Crippen LogP contribution in [0, 0.1) is 0 Å². The zero-order chi connectivity index (χ0) is 8.27. The fourth-order valence-corrected chi connectivity index (χ4v) is 1.43. The molecular weight excluding hydrogens is 164 g/mol. The summed E-state index contributed by atoms with van der Waals surface area (Å²) in [7, 11) is 3.22. The van der Waals surface area contributed by atoms with Crippen molar-refractivity contribution in [2.24, 2.45) is 0 Å². The first-order chi connectivity index (χ1) is 5.33. The third-order valence-electron chi connectivity index (χ3n) is 1.29. The predicted octanol–water partition coefficient (Wildman–Crippen LogP) is -0.386. The molecule has 0 spiro atoms. The third kappa shape index (κ3) is 1.42. The molecule has 62 valence electrons. The molecule has 0 fully saturated rings. The van der Waals surface area contributed by atoms with Crippen molar-refractivity contribution in [1.29, 1.82) is 0 Å². The largest absolute Gasteiger partial charge is 0.395 e. The highest BCUT2D eigenvalue weighted by Crippen LogP contribution is 2.06. The second-order valence-corrected chi connectivity index (χ2v) is 2.57. The molecule has 0 saturated heterocycles. The van der Waals surface area contributed by atoms with Crippen LogP contribution in [0.15, 0.2) is 17.6 Å². The first kappa shape index (κ1) is 8.26. The Kier molecular flexibility index (Phi) is 2.64. The Labute approximate surface area is 69.6 Å². The van der Waals surface area contributed by atoms with E-state index in [1.807, 2.05) is 6.26 Å². The average Bonchev–Trinajstić information content (AvgIpc) is 2.45. The molecule has 0 N–H and O–H groups in total. The summed E-state index contributed by atoms with van der Waals surface area (Å²) in [6, 6.07) is 0. The van der Waals surface area contributed by atoms with Gasteiger partial charge in [-0.3, -0.25) is 0 Å². The monoisotopic (exact) mass is 175 g/mol. The van der Waals surface area contributed by atoms with E-state index in [1.165, 1.54) is 0 Å². The SMILES string of the molecule is COn1cc[n+](OC)c1SC. The van der Waals surface area contributed by atoms with Gasteiger partial charge >= 0.3 is 5.16 Å². The summed E-state index contributed by atoms with van der Waals surface area (Å²) in [5.74, 6) is 0. The van der Waals surface area contributed by atoms with Gasteiger partial charge in [-0.25, -0.2) is 0 Å². The van der Waals surface area contributed by atoms with Crippen molar-refractivity contribution in [3.05, 3.63) is 12.4 Å². The molecule has 0 saturated carbocycles. The second kappa shape index (κ2) is 3.52. The fourth-order valence-electron chi connectivity index (χ4n) is 0.804. The van der Waals surface area contributed by atoms with E-state index in [-0.39, 0.29) is 0 Å². The van der Waals surface area contributed by atoms with Crippen LogP contribution in [0.4, 0.5) is 0 Å². The first-order valence-corrected chi connectivity index (χ1v) is 4.32. The van der Waals surface area contributed by atoms with Crippen LogP contribution in [0.5, 0.6) is 0 Å². The molecule has 1 aromatic heterocycles. The van der Waals surface area contributed by atoms with Crippen molar-refractivity contribution in [3.8, 4) is 0 Å². The standard InChI is InChI=1S/C6H11N2O2S/c1-9-7-4-5-8(10-2)6(7)11-3/h4-5H,1-3H3/q+1. The smallest absolute Gasteiger partial charge is 0.338 e. The summed E-state index contributed by atoms with van der Waals surface area (Å²) in [5.41, 5.74) is 0. The van der Waals surface area contributed by atoms with Gasteiger partial charge < -0.3 is 9.68 Å². The maximum atomic E-state index is 5.01. The topological polar surface area (TPSA) is 27.3 Å². The summed E-state index contributed by atoms with van der Waals surface area (Å²) in [5, 5.41) is 0.898. The molecule has 0 aliphatic rings. The maximum Gasteiger partial charge on any atom is 0.395 e. The number of rotatable bonds is 3. The molecule has 0 unspecified atom stereocenters. The Hall–Kier alpha value is -0.840. The van der Waals surface area contributed by atoms with Crippen LogP contribution in [0.1, 0.15) is 0 Å². The van der Waals surface area contributed by atoms with E-state index in [0.717, 1.165) is 5.16 Å². The molecule has 1 heterocycles. The molecule has 0 aromatic carbocycles. The first-order valence-electron chi connectivity index (χ1n) is 3.09. The van der Waals surface area contributed by atoms with E-state index in [0.29, 0.717) is 0 Å². The molecule has 0 amide bonds. The van der Waals surface area contributed by atoms with Crippen LogP contribution in [0.25, 0.3) is 0 Å². The summed E-state index contributed by atoms with van der Waals surface area (Å²) in [4.78, 5) is 10.0. The zero-order valence-corrected chi connectivity index (χ0v) is 7.59. The normalized spacial score (nSPS) is 9.73. The number of hydrogen-bond acceptors (Lipinski definition) is 3. The van der Waals surface area contributed by atoms with Crippen LogP contribution in [-0.2, 0) is 0 Å². The number of imidazole rings is 1.